The Kier molecular flexibility index (Phi) is 6.53. The van der Waals surface area contributed by atoms with Gasteiger partial charge in [0, 0.05) is 66.7 Å². The molecule has 1 aliphatic heterocycles. The monoisotopic (exact) mass is 740 g/mol. The number of nitrogens with zero attached hydrogens (tertiary/aromatic N) is 4. The van der Waals surface area contributed by atoms with Crippen molar-refractivity contribution in [3.63, 3.8) is 0 Å². The number of hydrogen-bond acceptors (Lipinski definition) is 1. The molecule has 2 atom stereocenters. The van der Waals surface area contributed by atoms with E-state index in [-0.39, 0.29) is 6.04 Å². The van der Waals surface area contributed by atoms with Crippen molar-refractivity contribution in [1.29, 1.82) is 0 Å². The van der Waals surface area contributed by atoms with Gasteiger partial charge in [0.25, 0.3) is 0 Å². The SMILES string of the molecule is C1=CC2c3ccccc3N(c3ccc(-n4c5ccc(-n6c7ccccc7c7ccccc76)cc5c5cc(-n6c7ccccc7c7ccccc76)ccc54)cc3)C2C=C1. The number of anilines is 2. The Morgan fingerprint density at radius 1 is 0.310 bits per heavy atom. The van der Waals surface area contributed by atoms with Crippen LogP contribution in [0.3, 0.4) is 0 Å². The third-order valence-corrected chi connectivity index (χ3v) is 12.8. The second kappa shape index (κ2) is 12.0. The van der Waals surface area contributed by atoms with E-state index in [0.717, 1.165) is 17.1 Å². The van der Waals surface area contributed by atoms with Crippen LogP contribution in [-0.2, 0) is 0 Å². The molecule has 0 N–H and O–H groups in total. The van der Waals surface area contributed by atoms with E-state index in [1.165, 1.54) is 82.4 Å². The highest BCUT2D eigenvalue weighted by Gasteiger charge is 2.37. The van der Waals surface area contributed by atoms with Crippen molar-refractivity contribution >= 4 is 76.8 Å². The summed E-state index contributed by atoms with van der Waals surface area (Å²) in [6.45, 7) is 0. The first-order chi connectivity index (χ1) is 28.8. The summed E-state index contributed by atoms with van der Waals surface area (Å²) in [6.07, 6.45) is 9.06. The van der Waals surface area contributed by atoms with Crippen LogP contribution in [0.25, 0.3) is 82.5 Å². The Morgan fingerprint density at radius 2 is 0.707 bits per heavy atom. The molecular formula is C54H36N4. The van der Waals surface area contributed by atoms with E-state index >= 15 is 0 Å². The molecule has 0 saturated heterocycles. The van der Waals surface area contributed by atoms with Gasteiger partial charge in [0.15, 0.2) is 0 Å². The summed E-state index contributed by atoms with van der Waals surface area (Å²) >= 11 is 0. The Morgan fingerprint density at radius 3 is 1.24 bits per heavy atom. The second-order valence-electron chi connectivity index (χ2n) is 15.7. The number of hydrogen-bond donors (Lipinski definition) is 0. The molecule has 0 amide bonds. The van der Waals surface area contributed by atoms with Crippen LogP contribution in [0.1, 0.15) is 11.5 Å². The molecule has 0 radical (unpaired) electrons. The zero-order valence-electron chi connectivity index (χ0n) is 31.6. The van der Waals surface area contributed by atoms with E-state index < -0.39 is 0 Å². The molecule has 1 aliphatic carbocycles. The van der Waals surface area contributed by atoms with Crippen LogP contribution in [0.2, 0.25) is 0 Å². The molecule has 2 aliphatic rings. The van der Waals surface area contributed by atoms with Gasteiger partial charge in [-0.2, -0.15) is 0 Å². The van der Waals surface area contributed by atoms with Gasteiger partial charge in [-0.1, -0.05) is 115 Å². The molecule has 0 fully saturated rings. The van der Waals surface area contributed by atoms with Crippen molar-refractivity contribution in [2.24, 2.45) is 0 Å². The highest BCUT2D eigenvalue weighted by molar-refractivity contribution is 6.14. The van der Waals surface area contributed by atoms with Gasteiger partial charge in [0.2, 0.25) is 0 Å². The minimum atomic E-state index is 0.264. The predicted molar refractivity (Wildman–Crippen MR) is 243 cm³/mol. The lowest BCUT2D eigenvalue weighted by molar-refractivity contribution is 0.744. The van der Waals surface area contributed by atoms with E-state index in [9.17, 15) is 0 Å². The number of rotatable bonds is 4. The Labute approximate surface area is 335 Å². The van der Waals surface area contributed by atoms with Crippen LogP contribution >= 0.6 is 0 Å². The molecule has 4 heterocycles. The van der Waals surface area contributed by atoms with Gasteiger partial charge in [0.1, 0.15) is 0 Å². The van der Waals surface area contributed by atoms with E-state index in [0.29, 0.717) is 5.92 Å². The molecule has 13 rings (SSSR count). The van der Waals surface area contributed by atoms with Crippen LogP contribution in [0.5, 0.6) is 0 Å². The van der Waals surface area contributed by atoms with E-state index in [2.05, 4.69) is 225 Å². The summed E-state index contributed by atoms with van der Waals surface area (Å²) in [5.74, 6) is 0.352. The largest absolute Gasteiger partial charge is 0.333 e. The fourth-order valence-electron chi connectivity index (χ4n) is 10.3. The summed E-state index contributed by atoms with van der Waals surface area (Å²) < 4.78 is 7.30. The lowest BCUT2D eigenvalue weighted by Crippen LogP contribution is -2.28. The van der Waals surface area contributed by atoms with E-state index in [1.807, 2.05) is 0 Å². The number of fused-ring (bicyclic) bond motifs is 12. The molecule has 4 heteroatoms. The molecule has 0 saturated carbocycles. The maximum Gasteiger partial charge on any atom is 0.0629 e. The van der Waals surface area contributed by atoms with Crippen molar-refractivity contribution in [2.75, 3.05) is 4.90 Å². The Balaban J connectivity index is 1.04. The fraction of sp³-hybridized carbons (Fsp3) is 0.0370. The van der Waals surface area contributed by atoms with E-state index in [1.54, 1.807) is 0 Å². The summed E-state index contributed by atoms with van der Waals surface area (Å²) in [6, 6.07) is 67.4. The van der Waals surface area contributed by atoms with Gasteiger partial charge in [-0.3, -0.25) is 0 Å². The minimum Gasteiger partial charge on any atom is -0.333 e. The molecule has 3 aromatic heterocycles. The highest BCUT2D eigenvalue weighted by Crippen LogP contribution is 2.48. The predicted octanol–water partition coefficient (Wildman–Crippen LogP) is 13.7. The first-order valence-corrected chi connectivity index (χ1v) is 20.2. The van der Waals surface area contributed by atoms with Crippen LogP contribution < -0.4 is 4.90 Å². The molecular weight excluding hydrogens is 705 g/mol. The van der Waals surface area contributed by atoms with Gasteiger partial charge in [-0.05, 0) is 96.6 Å². The second-order valence-corrected chi connectivity index (χ2v) is 15.7. The molecule has 4 nitrogen and oxygen atoms in total. The lowest BCUT2D eigenvalue weighted by Gasteiger charge is -2.28. The van der Waals surface area contributed by atoms with Crippen molar-refractivity contribution in [1.82, 2.24) is 13.7 Å². The molecule has 0 bridgehead atoms. The number of aromatic nitrogens is 3. The van der Waals surface area contributed by atoms with Gasteiger partial charge in [-0.15, -0.1) is 0 Å². The topological polar surface area (TPSA) is 18.0 Å². The molecule has 8 aromatic carbocycles. The van der Waals surface area contributed by atoms with Crippen molar-refractivity contribution in [2.45, 2.75) is 12.0 Å². The molecule has 2 unspecified atom stereocenters. The number of benzene rings is 8. The average Bonchev–Trinajstić information content (AvgIpc) is 4.01. The normalized spacial score (nSPS) is 16.1. The van der Waals surface area contributed by atoms with E-state index in [4.69, 9.17) is 0 Å². The van der Waals surface area contributed by atoms with Crippen LogP contribution in [-0.4, -0.2) is 19.7 Å². The number of allylic oxidation sites excluding steroid dienone is 2. The van der Waals surface area contributed by atoms with Crippen molar-refractivity contribution in [3.8, 4) is 17.1 Å². The average molecular weight is 741 g/mol. The maximum atomic E-state index is 2.51. The molecule has 58 heavy (non-hydrogen) atoms. The first kappa shape index (κ1) is 31.6. The van der Waals surface area contributed by atoms with Crippen molar-refractivity contribution < 1.29 is 0 Å². The quantitative estimate of drug-likeness (QED) is 0.176. The highest BCUT2D eigenvalue weighted by atomic mass is 15.2. The van der Waals surface area contributed by atoms with Crippen LogP contribution in [0, 0.1) is 0 Å². The summed E-state index contributed by atoms with van der Waals surface area (Å²) in [4.78, 5) is 2.51. The smallest absolute Gasteiger partial charge is 0.0629 e. The van der Waals surface area contributed by atoms with Crippen molar-refractivity contribution in [3.05, 3.63) is 212 Å². The van der Waals surface area contributed by atoms with Crippen LogP contribution in [0.15, 0.2) is 206 Å². The molecule has 0 spiro atoms. The van der Waals surface area contributed by atoms with Gasteiger partial charge in [-0.25, -0.2) is 0 Å². The zero-order chi connectivity index (χ0) is 37.9. The third kappa shape index (κ3) is 4.34. The Hall–Kier alpha value is -7.56. The first-order valence-electron chi connectivity index (χ1n) is 20.2. The summed E-state index contributed by atoms with van der Waals surface area (Å²) in [7, 11) is 0. The summed E-state index contributed by atoms with van der Waals surface area (Å²) in [5.41, 5.74) is 14.5. The molecule has 11 aromatic rings. The van der Waals surface area contributed by atoms with Gasteiger partial charge >= 0.3 is 0 Å². The zero-order valence-corrected chi connectivity index (χ0v) is 31.6. The molecule has 272 valence electrons. The van der Waals surface area contributed by atoms with Crippen LogP contribution in [0.4, 0.5) is 11.4 Å². The maximum absolute atomic E-state index is 2.51. The van der Waals surface area contributed by atoms with Gasteiger partial charge in [0.05, 0.1) is 39.1 Å². The lowest BCUT2D eigenvalue weighted by atomic mass is 9.91. The summed E-state index contributed by atoms with van der Waals surface area (Å²) in [5, 5.41) is 7.50. The third-order valence-electron chi connectivity index (χ3n) is 12.8. The van der Waals surface area contributed by atoms with Gasteiger partial charge < -0.3 is 18.6 Å². The Bertz CT molecular complexity index is 3260. The number of para-hydroxylation sites is 5. The minimum absolute atomic E-state index is 0.264. The fourth-order valence-corrected chi connectivity index (χ4v) is 10.3. The standard InChI is InChI=1S/C54H36N4/c1-7-19-47-39(13-1)40-14-2-8-20-48(40)55(47)35-25-27-36(28-26-35)56-53-31-29-37(57-49-21-9-3-15-41(49)42-16-4-10-22-50(42)57)33-45(53)46-34-38(30-32-54(46)56)58-51-23-11-5-17-43(51)44-18-6-12-24-52(44)58/h1-34,39,47H.